The molecule has 0 aromatic heterocycles. The molecular formula is CeO4SrY. The maximum Gasteiger partial charge on any atom is 3.00 e. The van der Waals surface area contributed by atoms with Gasteiger partial charge < -0.3 is 21.9 Å². The summed E-state index contributed by atoms with van der Waals surface area (Å²) in [5, 5.41) is 0. The largest absolute Gasteiger partial charge is 3.00 e. The summed E-state index contributed by atoms with van der Waals surface area (Å²) < 4.78 is 0. The summed E-state index contributed by atoms with van der Waals surface area (Å²) in [6.45, 7) is 0. The van der Waals surface area contributed by atoms with E-state index in [2.05, 4.69) is 0 Å². The van der Waals surface area contributed by atoms with Crippen molar-refractivity contribution in [3.05, 3.63) is 0 Å². The summed E-state index contributed by atoms with van der Waals surface area (Å²) >= 11 is 0. The van der Waals surface area contributed by atoms with E-state index in [4.69, 9.17) is 0 Å². The smallest absolute Gasteiger partial charge is 2.00 e. The minimum atomic E-state index is 0. The Labute approximate surface area is 138 Å². The van der Waals surface area contributed by atoms with Gasteiger partial charge in [0.25, 0.3) is 0 Å². The molecular weight excluding hydrogens is 381 g/mol. The molecule has 0 saturated heterocycles. The monoisotopic (exact) mass is 381 g/mol. The summed E-state index contributed by atoms with van der Waals surface area (Å²) in [5.74, 6) is 0. The van der Waals surface area contributed by atoms with Crippen LogP contribution in [0.2, 0.25) is 0 Å². The average molecular weight is 381 g/mol. The summed E-state index contributed by atoms with van der Waals surface area (Å²) in [4.78, 5) is 0. The fourth-order valence-electron chi connectivity index (χ4n) is 0. The fraction of sp³-hybridized carbons (Fsp3) is 0. The third-order valence-corrected chi connectivity index (χ3v) is 0. The molecule has 0 saturated carbocycles. The van der Waals surface area contributed by atoms with Gasteiger partial charge in [0.2, 0.25) is 0 Å². The van der Waals surface area contributed by atoms with Gasteiger partial charge in [0, 0.05) is 0 Å². The number of hydrogen-bond donors (Lipinski definition) is 0. The van der Waals surface area contributed by atoms with Crippen LogP contribution in [0.15, 0.2) is 0 Å². The zero-order chi connectivity index (χ0) is 0. The van der Waals surface area contributed by atoms with E-state index in [1.54, 1.807) is 0 Å². The zero-order valence-corrected chi connectivity index (χ0v) is 12.9. The molecule has 0 bridgehead atoms. The van der Waals surface area contributed by atoms with Gasteiger partial charge in [0.05, 0.1) is 0 Å². The summed E-state index contributed by atoms with van der Waals surface area (Å²) in [7, 11) is 0. The van der Waals surface area contributed by atoms with Crippen molar-refractivity contribution in [2.75, 3.05) is 0 Å². The molecule has 0 aromatic carbocycles. The van der Waals surface area contributed by atoms with Crippen LogP contribution in [0.3, 0.4) is 0 Å². The third kappa shape index (κ3) is 41.3. The Balaban J connectivity index is 0. The van der Waals surface area contributed by atoms with Gasteiger partial charge in [-0.1, -0.05) is 0 Å². The van der Waals surface area contributed by atoms with Gasteiger partial charge in [-0.3, -0.25) is 0 Å². The van der Waals surface area contributed by atoms with Gasteiger partial charge in [-0.05, 0) is 0 Å². The molecule has 7 heavy (non-hydrogen) atoms. The molecule has 0 aliphatic heterocycles. The van der Waals surface area contributed by atoms with Gasteiger partial charge in [0.15, 0.2) is 0 Å². The normalized spacial score (nSPS) is 0. The summed E-state index contributed by atoms with van der Waals surface area (Å²) in [6, 6.07) is 0. The van der Waals surface area contributed by atoms with Crippen LogP contribution in [0.1, 0.15) is 0 Å². The summed E-state index contributed by atoms with van der Waals surface area (Å²) in [5.41, 5.74) is 0. The quantitative estimate of drug-likeness (QED) is 0.487. The molecule has 1 radical (unpaired) electrons. The van der Waals surface area contributed by atoms with Crippen LogP contribution in [-0.4, -0.2) is 45.5 Å². The van der Waals surface area contributed by atoms with Gasteiger partial charge in [-0.2, -0.15) is 0 Å². The zero-order valence-electron chi connectivity index (χ0n) is 3.42. The van der Waals surface area contributed by atoms with Crippen molar-refractivity contribution in [1.82, 2.24) is 0 Å². The van der Waals surface area contributed by atoms with Gasteiger partial charge in [0.1, 0.15) is 0 Å². The van der Waals surface area contributed by atoms with Crippen molar-refractivity contribution in [3.63, 3.8) is 0 Å². The van der Waals surface area contributed by atoms with Crippen LogP contribution < -0.4 is 0 Å². The van der Waals surface area contributed by atoms with E-state index < -0.39 is 0 Å². The van der Waals surface area contributed by atoms with Gasteiger partial charge in [-0.15, -0.1) is 0 Å². The second-order valence-corrected chi connectivity index (χ2v) is 0. The van der Waals surface area contributed by atoms with Crippen LogP contribution in [0.4, 0.5) is 0 Å². The Morgan fingerprint density at radius 2 is 0.571 bits per heavy atom. The molecule has 7 heteroatoms. The molecule has 0 unspecified atom stereocenters. The molecule has 0 aliphatic carbocycles. The van der Waals surface area contributed by atoms with Crippen LogP contribution in [0, 0.1) is 41.7 Å². The molecule has 0 fully saturated rings. The van der Waals surface area contributed by atoms with E-state index in [1.807, 2.05) is 0 Å². The van der Waals surface area contributed by atoms with E-state index in [0.717, 1.165) is 0 Å². The molecule has 0 atom stereocenters. The second-order valence-electron chi connectivity index (χ2n) is 0. The maximum atomic E-state index is 0. The molecule has 33 valence electrons. The molecule has 0 amide bonds. The Morgan fingerprint density at radius 3 is 0.571 bits per heavy atom. The van der Waals surface area contributed by atoms with E-state index in [9.17, 15) is 0 Å². The van der Waals surface area contributed by atoms with E-state index in [-0.39, 0.29) is 142 Å². The Bertz CT molecular complexity index is 11.7. The fourth-order valence-corrected chi connectivity index (χ4v) is 0. The van der Waals surface area contributed by atoms with Crippen LogP contribution in [0.25, 0.3) is 0 Å². The first-order valence-electron chi connectivity index (χ1n) is 0. The van der Waals surface area contributed by atoms with Crippen molar-refractivity contribution < 1.29 is 96.4 Å². The first kappa shape index (κ1) is 71.8. The molecule has 0 N–H and O–H groups in total. The van der Waals surface area contributed by atoms with Crippen molar-refractivity contribution in [3.8, 4) is 0 Å². The Morgan fingerprint density at radius 1 is 0.571 bits per heavy atom. The molecule has 0 aromatic rings. The van der Waals surface area contributed by atoms with Crippen molar-refractivity contribution in [2.45, 2.75) is 0 Å². The van der Waals surface area contributed by atoms with Crippen molar-refractivity contribution >= 4 is 45.5 Å². The number of rotatable bonds is 0. The van der Waals surface area contributed by atoms with E-state index in [1.165, 1.54) is 0 Å². The average Bonchev–Trinajstić information content (AvgIpc) is 0. The SMILES string of the molecule is [Ce+3].[O-2].[O-2].[O-2].[O-2].[Sr+2].[Y+3]. The topological polar surface area (TPSA) is 114 Å². The number of hydrogen-bond acceptors (Lipinski definition) is 0. The molecule has 0 heterocycles. The minimum Gasteiger partial charge on any atom is -2.00 e. The Hall–Kier alpha value is 3.80. The summed E-state index contributed by atoms with van der Waals surface area (Å²) in [6.07, 6.45) is 0. The van der Waals surface area contributed by atoms with E-state index in [0.29, 0.717) is 0 Å². The maximum absolute atomic E-state index is 0. The van der Waals surface area contributed by atoms with Gasteiger partial charge >= 0.3 is 120 Å². The van der Waals surface area contributed by atoms with Gasteiger partial charge in [-0.25, -0.2) is 0 Å². The molecule has 0 rings (SSSR count). The van der Waals surface area contributed by atoms with E-state index >= 15 is 0 Å². The van der Waals surface area contributed by atoms with Crippen LogP contribution in [-0.2, 0) is 54.6 Å². The molecule has 4 nitrogen and oxygen atoms in total. The molecule has 0 spiro atoms. The van der Waals surface area contributed by atoms with Crippen LogP contribution in [0.5, 0.6) is 0 Å². The first-order chi connectivity index (χ1) is 0. The first-order valence-corrected chi connectivity index (χ1v) is 0. The standard InChI is InChI=1S/Ce.4O.Sr.Y/q+3;4*-2;+2;+3. The second kappa shape index (κ2) is 52.5. The minimum absolute atomic E-state index is 0. The van der Waals surface area contributed by atoms with Crippen LogP contribution >= 0.6 is 0 Å². The predicted molar refractivity (Wildman–Crippen MR) is 8.50 cm³/mol. The predicted octanol–water partition coefficient (Wildman–Crippen LogP) is -0.859. The van der Waals surface area contributed by atoms with Crippen molar-refractivity contribution in [2.24, 2.45) is 0 Å². The third-order valence-electron chi connectivity index (χ3n) is 0. The molecule has 0 aliphatic rings. The Kier molecular flexibility index (Phi) is 539. The van der Waals surface area contributed by atoms with Crippen molar-refractivity contribution in [1.29, 1.82) is 0 Å².